The van der Waals surface area contributed by atoms with Crippen molar-refractivity contribution in [2.75, 3.05) is 32.6 Å². The summed E-state index contributed by atoms with van der Waals surface area (Å²) in [7, 11) is 0.897. The van der Waals surface area contributed by atoms with Crippen molar-refractivity contribution >= 4 is 32.7 Å². The summed E-state index contributed by atoms with van der Waals surface area (Å²) in [4.78, 5) is 24.3. The number of amides is 1. The maximum atomic E-state index is 13.1. The molecular weight excluding hydrogens is 462 g/mol. The fraction of sp³-hybridized carbons (Fsp3) is 0.391. The third kappa shape index (κ3) is 4.66. The van der Waals surface area contributed by atoms with E-state index in [-0.39, 0.29) is 22.3 Å². The zero-order valence-corrected chi connectivity index (χ0v) is 20.1. The molecule has 1 amide bonds. The number of rotatable bonds is 7. The Kier molecular flexibility index (Phi) is 6.67. The largest absolute Gasteiger partial charge is 0.493 e. The molecule has 1 fully saturated rings. The van der Waals surface area contributed by atoms with E-state index in [1.54, 1.807) is 38.4 Å². The summed E-state index contributed by atoms with van der Waals surface area (Å²) >= 11 is 0. The number of nitrogens with one attached hydrogen (secondary N) is 1. The Hall–Kier alpha value is -3.31. The molecule has 0 aliphatic carbocycles. The number of carbonyl (C=O) groups excluding carboxylic acids is 1. The molecule has 2 aromatic carbocycles. The summed E-state index contributed by atoms with van der Waals surface area (Å²) < 4.78 is 44.5. The van der Waals surface area contributed by atoms with Gasteiger partial charge in [-0.15, -0.1) is 0 Å². The van der Waals surface area contributed by atoms with Crippen molar-refractivity contribution in [1.82, 2.24) is 8.87 Å². The first kappa shape index (κ1) is 23.8. The number of aryl methyl sites for hydroxylation is 1. The smallest absolute Gasteiger partial charge is 0.419 e. The zero-order chi connectivity index (χ0) is 24.5. The summed E-state index contributed by atoms with van der Waals surface area (Å²) in [6.07, 6.45) is 1.44. The van der Waals surface area contributed by atoms with Crippen LogP contribution in [-0.4, -0.2) is 50.5 Å². The van der Waals surface area contributed by atoms with E-state index in [1.165, 1.54) is 28.1 Å². The summed E-state index contributed by atoms with van der Waals surface area (Å²) in [5, 5.41) is 2.86. The van der Waals surface area contributed by atoms with Gasteiger partial charge < -0.3 is 19.2 Å². The van der Waals surface area contributed by atoms with E-state index in [4.69, 9.17) is 13.9 Å². The number of sulfonamides is 1. The lowest BCUT2D eigenvalue weighted by molar-refractivity contribution is -0.117. The highest BCUT2D eigenvalue weighted by Gasteiger charge is 2.30. The highest BCUT2D eigenvalue weighted by Crippen LogP contribution is 2.31. The van der Waals surface area contributed by atoms with Crippen molar-refractivity contribution in [2.45, 2.75) is 24.2 Å². The monoisotopic (exact) mass is 489 g/mol. The molecule has 3 aromatic rings. The van der Waals surface area contributed by atoms with E-state index in [0.29, 0.717) is 55.1 Å². The number of anilines is 1. The van der Waals surface area contributed by atoms with Gasteiger partial charge in [0, 0.05) is 44.4 Å². The SMILES string of the molecule is COc1ccc(NC(=O)CC2CCN(S(=O)(=O)c3ccc4c(c3)oc(=O)n4C)CC2)cc1OC. The number of ether oxygens (including phenoxy) is 2. The Balaban J connectivity index is 1.36. The van der Waals surface area contributed by atoms with Crippen LogP contribution >= 0.6 is 0 Å². The van der Waals surface area contributed by atoms with Crippen LogP contribution in [-0.2, 0) is 21.9 Å². The Morgan fingerprint density at radius 3 is 2.47 bits per heavy atom. The number of carbonyl (C=O) groups is 1. The van der Waals surface area contributed by atoms with Gasteiger partial charge >= 0.3 is 5.76 Å². The third-order valence-corrected chi connectivity index (χ3v) is 8.01. The number of hydrogen-bond donors (Lipinski definition) is 1. The van der Waals surface area contributed by atoms with Crippen LogP contribution in [0.5, 0.6) is 11.5 Å². The van der Waals surface area contributed by atoms with Crippen LogP contribution in [0.15, 0.2) is 50.5 Å². The number of aromatic nitrogens is 1. The van der Waals surface area contributed by atoms with Crippen molar-refractivity contribution < 1.29 is 27.1 Å². The molecule has 10 nitrogen and oxygen atoms in total. The Labute approximate surface area is 197 Å². The van der Waals surface area contributed by atoms with Gasteiger partial charge in [-0.3, -0.25) is 9.36 Å². The predicted octanol–water partition coefficient (Wildman–Crippen LogP) is 2.58. The Morgan fingerprint density at radius 1 is 1.09 bits per heavy atom. The number of piperidine rings is 1. The summed E-state index contributed by atoms with van der Waals surface area (Å²) in [5.74, 6) is 0.477. The number of benzene rings is 2. The minimum atomic E-state index is -3.74. The van der Waals surface area contributed by atoms with Crippen LogP contribution in [0.2, 0.25) is 0 Å². The molecule has 0 spiro atoms. The van der Waals surface area contributed by atoms with E-state index < -0.39 is 15.8 Å². The zero-order valence-electron chi connectivity index (χ0n) is 19.2. The molecule has 1 saturated heterocycles. The fourth-order valence-electron chi connectivity index (χ4n) is 4.17. The average Bonchev–Trinajstić information content (AvgIpc) is 3.12. The lowest BCUT2D eigenvalue weighted by Crippen LogP contribution is -2.39. The molecule has 2 heterocycles. The van der Waals surface area contributed by atoms with Crippen molar-refractivity contribution in [3.05, 3.63) is 46.9 Å². The van der Waals surface area contributed by atoms with Gasteiger partial charge in [0.15, 0.2) is 17.1 Å². The number of hydrogen-bond acceptors (Lipinski definition) is 7. The first-order valence-corrected chi connectivity index (χ1v) is 12.3. The van der Waals surface area contributed by atoms with E-state index in [0.717, 1.165) is 0 Å². The molecule has 1 aliphatic rings. The number of fused-ring (bicyclic) bond motifs is 1. The highest BCUT2D eigenvalue weighted by molar-refractivity contribution is 7.89. The van der Waals surface area contributed by atoms with Gasteiger partial charge in [0.25, 0.3) is 0 Å². The third-order valence-electron chi connectivity index (χ3n) is 6.12. The van der Waals surface area contributed by atoms with Gasteiger partial charge in [0.2, 0.25) is 15.9 Å². The summed E-state index contributed by atoms with van der Waals surface area (Å²) in [6.45, 7) is 0.626. The van der Waals surface area contributed by atoms with Gasteiger partial charge in [-0.25, -0.2) is 13.2 Å². The molecule has 0 atom stereocenters. The quantitative estimate of drug-likeness (QED) is 0.542. The number of methoxy groups -OCH3 is 2. The topological polar surface area (TPSA) is 120 Å². The van der Waals surface area contributed by atoms with Gasteiger partial charge in [0.05, 0.1) is 24.6 Å². The van der Waals surface area contributed by atoms with Crippen LogP contribution in [0.3, 0.4) is 0 Å². The van der Waals surface area contributed by atoms with Crippen molar-refractivity contribution in [2.24, 2.45) is 13.0 Å². The van der Waals surface area contributed by atoms with Crippen molar-refractivity contribution in [1.29, 1.82) is 0 Å². The predicted molar refractivity (Wildman–Crippen MR) is 126 cm³/mol. The van der Waals surface area contributed by atoms with Crippen LogP contribution in [0.1, 0.15) is 19.3 Å². The molecule has 0 radical (unpaired) electrons. The van der Waals surface area contributed by atoms with Gasteiger partial charge in [-0.2, -0.15) is 4.31 Å². The minimum Gasteiger partial charge on any atom is -0.493 e. The lowest BCUT2D eigenvalue weighted by Gasteiger charge is -2.31. The molecule has 1 N–H and O–H groups in total. The summed E-state index contributed by atoms with van der Waals surface area (Å²) in [6, 6.07) is 9.58. The van der Waals surface area contributed by atoms with Crippen LogP contribution in [0, 0.1) is 5.92 Å². The standard InChI is InChI=1S/C23H27N3O7S/c1-25-18-6-5-17(14-20(18)33-23(25)28)34(29,30)26-10-8-15(9-11-26)12-22(27)24-16-4-7-19(31-2)21(13-16)32-3/h4-7,13-15H,8-12H2,1-3H3,(H,24,27). The van der Waals surface area contributed by atoms with Crippen LogP contribution in [0.4, 0.5) is 5.69 Å². The summed E-state index contributed by atoms with van der Waals surface area (Å²) in [5.41, 5.74) is 1.36. The van der Waals surface area contributed by atoms with E-state index >= 15 is 0 Å². The molecule has 1 aliphatic heterocycles. The molecule has 0 unspecified atom stereocenters. The molecule has 34 heavy (non-hydrogen) atoms. The fourth-order valence-corrected chi connectivity index (χ4v) is 5.65. The maximum Gasteiger partial charge on any atom is 0.419 e. The van der Waals surface area contributed by atoms with E-state index in [1.807, 2.05) is 0 Å². The van der Waals surface area contributed by atoms with Crippen molar-refractivity contribution in [3.8, 4) is 11.5 Å². The highest BCUT2D eigenvalue weighted by atomic mass is 32.2. The molecule has 1 aromatic heterocycles. The number of oxazole rings is 1. The first-order valence-electron chi connectivity index (χ1n) is 10.8. The molecule has 182 valence electrons. The van der Waals surface area contributed by atoms with Crippen molar-refractivity contribution in [3.63, 3.8) is 0 Å². The molecule has 0 saturated carbocycles. The second kappa shape index (κ2) is 9.51. The second-order valence-electron chi connectivity index (χ2n) is 8.23. The maximum absolute atomic E-state index is 13.1. The van der Waals surface area contributed by atoms with Crippen LogP contribution in [0.25, 0.3) is 11.1 Å². The van der Waals surface area contributed by atoms with Gasteiger partial charge in [0.1, 0.15) is 0 Å². The van der Waals surface area contributed by atoms with Crippen LogP contribution < -0.4 is 20.5 Å². The minimum absolute atomic E-state index is 0.0706. The van der Waals surface area contributed by atoms with E-state index in [9.17, 15) is 18.0 Å². The first-order chi connectivity index (χ1) is 16.2. The molecule has 4 rings (SSSR count). The number of nitrogens with zero attached hydrogens (tertiary/aromatic N) is 2. The molecule has 11 heteroatoms. The van der Waals surface area contributed by atoms with Gasteiger partial charge in [-0.1, -0.05) is 0 Å². The Morgan fingerprint density at radius 2 is 1.79 bits per heavy atom. The van der Waals surface area contributed by atoms with Gasteiger partial charge in [-0.05, 0) is 43.0 Å². The Bertz CT molecular complexity index is 1370. The second-order valence-corrected chi connectivity index (χ2v) is 10.2. The molecule has 0 bridgehead atoms. The van der Waals surface area contributed by atoms with E-state index in [2.05, 4.69) is 5.32 Å². The normalized spacial score (nSPS) is 15.4. The average molecular weight is 490 g/mol. The lowest BCUT2D eigenvalue weighted by atomic mass is 9.94. The molecular formula is C23H27N3O7S.